The molecule has 2 aliphatic carbocycles. The number of piperidine rings is 1. The van der Waals surface area contributed by atoms with Gasteiger partial charge < -0.3 is 10.2 Å². The molecule has 3 nitrogen and oxygen atoms in total. The average Bonchev–Trinajstić information content (AvgIpc) is 2.84. The normalized spacial score (nSPS) is 25.7. The van der Waals surface area contributed by atoms with Gasteiger partial charge >= 0.3 is 0 Å². The van der Waals surface area contributed by atoms with Gasteiger partial charge in [-0.1, -0.05) is 44.9 Å². The fourth-order valence-electron chi connectivity index (χ4n) is 4.65. The SMILES string of the molecule is Cl.O=C(C1CCCCC1)N1CCC(NC2CCCCCC2)CC1. The van der Waals surface area contributed by atoms with Crippen LogP contribution < -0.4 is 5.32 Å². The number of nitrogens with zero attached hydrogens (tertiary/aromatic N) is 1. The van der Waals surface area contributed by atoms with Crippen LogP contribution in [0.1, 0.15) is 83.5 Å². The van der Waals surface area contributed by atoms with E-state index < -0.39 is 0 Å². The Hall–Kier alpha value is -0.280. The van der Waals surface area contributed by atoms with E-state index in [0.29, 0.717) is 17.9 Å². The molecule has 2 saturated carbocycles. The Morgan fingerprint density at radius 2 is 1.17 bits per heavy atom. The van der Waals surface area contributed by atoms with Crippen LogP contribution in [0.3, 0.4) is 0 Å². The maximum atomic E-state index is 12.6. The summed E-state index contributed by atoms with van der Waals surface area (Å²) in [5.41, 5.74) is 0. The van der Waals surface area contributed by atoms with Gasteiger partial charge in [0.25, 0.3) is 0 Å². The number of carbonyl (C=O) groups is 1. The largest absolute Gasteiger partial charge is 0.342 e. The van der Waals surface area contributed by atoms with Crippen molar-refractivity contribution >= 4 is 18.3 Å². The van der Waals surface area contributed by atoms with Gasteiger partial charge in [0, 0.05) is 31.1 Å². The first-order valence-corrected chi connectivity index (χ1v) is 9.88. The van der Waals surface area contributed by atoms with Crippen LogP contribution in [0.5, 0.6) is 0 Å². The summed E-state index contributed by atoms with van der Waals surface area (Å²) in [6.07, 6.45) is 16.8. The Kier molecular flexibility index (Phi) is 8.18. The lowest BCUT2D eigenvalue weighted by atomic mass is 9.87. The third kappa shape index (κ3) is 5.63. The average molecular weight is 343 g/mol. The molecule has 1 aliphatic heterocycles. The van der Waals surface area contributed by atoms with Crippen molar-refractivity contribution in [2.45, 2.75) is 95.6 Å². The Balaban J connectivity index is 0.00000192. The topological polar surface area (TPSA) is 32.3 Å². The van der Waals surface area contributed by atoms with Crippen LogP contribution >= 0.6 is 12.4 Å². The maximum Gasteiger partial charge on any atom is 0.225 e. The van der Waals surface area contributed by atoms with Crippen molar-refractivity contribution in [3.05, 3.63) is 0 Å². The third-order valence-electron chi connectivity index (χ3n) is 6.09. The highest BCUT2D eigenvalue weighted by Crippen LogP contribution is 2.27. The van der Waals surface area contributed by atoms with E-state index in [1.165, 1.54) is 57.8 Å². The van der Waals surface area contributed by atoms with Gasteiger partial charge in [0.2, 0.25) is 5.91 Å². The summed E-state index contributed by atoms with van der Waals surface area (Å²) in [7, 11) is 0. The van der Waals surface area contributed by atoms with Crippen LogP contribution in [0, 0.1) is 5.92 Å². The molecular weight excluding hydrogens is 308 g/mol. The van der Waals surface area contributed by atoms with Gasteiger partial charge in [0.1, 0.15) is 0 Å². The van der Waals surface area contributed by atoms with Crippen molar-refractivity contribution in [3.63, 3.8) is 0 Å². The molecule has 0 bridgehead atoms. The highest BCUT2D eigenvalue weighted by Gasteiger charge is 2.29. The molecule has 3 aliphatic rings. The molecule has 0 radical (unpaired) electrons. The first-order chi connectivity index (χ1) is 10.8. The van der Waals surface area contributed by atoms with Crippen LogP contribution in [0.4, 0.5) is 0 Å². The van der Waals surface area contributed by atoms with Gasteiger partial charge in [-0.2, -0.15) is 0 Å². The summed E-state index contributed by atoms with van der Waals surface area (Å²) in [6, 6.07) is 1.40. The molecule has 0 atom stereocenters. The van der Waals surface area contributed by atoms with Crippen LogP contribution in [0.25, 0.3) is 0 Å². The third-order valence-corrected chi connectivity index (χ3v) is 6.09. The summed E-state index contributed by atoms with van der Waals surface area (Å²) in [5, 5.41) is 3.90. The Bertz CT molecular complexity index is 341. The van der Waals surface area contributed by atoms with E-state index in [-0.39, 0.29) is 12.4 Å². The zero-order valence-electron chi connectivity index (χ0n) is 14.6. The van der Waals surface area contributed by atoms with Crippen LogP contribution in [0.15, 0.2) is 0 Å². The van der Waals surface area contributed by atoms with E-state index in [4.69, 9.17) is 0 Å². The number of hydrogen-bond acceptors (Lipinski definition) is 2. The van der Waals surface area contributed by atoms with Crippen LogP contribution in [-0.4, -0.2) is 36.0 Å². The first kappa shape index (κ1) is 19.1. The maximum absolute atomic E-state index is 12.6. The molecule has 0 aromatic carbocycles. The highest BCUT2D eigenvalue weighted by atomic mass is 35.5. The summed E-state index contributed by atoms with van der Waals surface area (Å²) in [6.45, 7) is 1.97. The van der Waals surface area contributed by atoms with Gasteiger partial charge in [0.05, 0.1) is 0 Å². The van der Waals surface area contributed by atoms with E-state index in [2.05, 4.69) is 10.2 Å². The summed E-state index contributed by atoms with van der Waals surface area (Å²) in [5.74, 6) is 0.813. The molecule has 23 heavy (non-hydrogen) atoms. The van der Waals surface area contributed by atoms with Crippen molar-refractivity contribution < 1.29 is 4.79 Å². The molecule has 0 unspecified atom stereocenters. The van der Waals surface area contributed by atoms with Crippen molar-refractivity contribution in [2.24, 2.45) is 5.92 Å². The predicted octanol–water partition coefficient (Wildman–Crippen LogP) is 4.29. The first-order valence-electron chi connectivity index (χ1n) is 9.88. The predicted molar refractivity (Wildman–Crippen MR) is 98.1 cm³/mol. The highest BCUT2D eigenvalue weighted by molar-refractivity contribution is 5.85. The zero-order valence-corrected chi connectivity index (χ0v) is 15.4. The minimum Gasteiger partial charge on any atom is -0.342 e. The van der Waals surface area contributed by atoms with Gasteiger partial charge in [0.15, 0.2) is 0 Å². The second-order valence-electron chi connectivity index (χ2n) is 7.79. The van der Waals surface area contributed by atoms with Crippen molar-refractivity contribution in [1.29, 1.82) is 0 Å². The lowest BCUT2D eigenvalue weighted by molar-refractivity contribution is -0.137. The summed E-state index contributed by atoms with van der Waals surface area (Å²) in [4.78, 5) is 14.8. The number of carbonyl (C=O) groups excluding carboxylic acids is 1. The standard InChI is InChI=1S/C19H34N2O.ClH/c22-19(16-8-4-3-5-9-16)21-14-12-18(13-15-21)20-17-10-6-1-2-7-11-17;/h16-18,20H,1-15H2;1H. The van der Waals surface area contributed by atoms with Crippen LogP contribution in [-0.2, 0) is 4.79 Å². The molecular formula is C19H35ClN2O. The lowest BCUT2D eigenvalue weighted by Gasteiger charge is -2.36. The van der Waals surface area contributed by atoms with Crippen molar-refractivity contribution in [3.8, 4) is 0 Å². The molecule has 1 N–H and O–H groups in total. The fraction of sp³-hybridized carbons (Fsp3) is 0.947. The molecule has 1 amide bonds. The minimum absolute atomic E-state index is 0. The van der Waals surface area contributed by atoms with E-state index in [9.17, 15) is 4.79 Å². The molecule has 1 saturated heterocycles. The minimum atomic E-state index is 0. The smallest absolute Gasteiger partial charge is 0.225 e. The molecule has 1 heterocycles. The van der Waals surface area contributed by atoms with E-state index >= 15 is 0 Å². The van der Waals surface area contributed by atoms with Crippen molar-refractivity contribution in [2.75, 3.05) is 13.1 Å². The van der Waals surface area contributed by atoms with Gasteiger partial charge in [-0.3, -0.25) is 4.79 Å². The second-order valence-corrected chi connectivity index (χ2v) is 7.79. The number of amides is 1. The molecule has 0 aromatic rings. The van der Waals surface area contributed by atoms with E-state index in [0.717, 1.165) is 44.8 Å². The number of hydrogen-bond donors (Lipinski definition) is 1. The Morgan fingerprint density at radius 1 is 0.696 bits per heavy atom. The van der Waals surface area contributed by atoms with Crippen LogP contribution in [0.2, 0.25) is 0 Å². The van der Waals surface area contributed by atoms with Gasteiger partial charge in [-0.25, -0.2) is 0 Å². The van der Waals surface area contributed by atoms with E-state index in [1.807, 2.05) is 0 Å². The number of nitrogens with one attached hydrogen (secondary N) is 1. The number of halogens is 1. The zero-order chi connectivity index (χ0) is 15.2. The summed E-state index contributed by atoms with van der Waals surface area (Å²) < 4.78 is 0. The second kappa shape index (κ2) is 9.88. The van der Waals surface area contributed by atoms with Gasteiger partial charge in [-0.05, 0) is 38.5 Å². The quantitative estimate of drug-likeness (QED) is 0.776. The molecule has 4 heteroatoms. The molecule has 3 fully saturated rings. The van der Waals surface area contributed by atoms with Crippen molar-refractivity contribution in [1.82, 2.24) is 10.2 Å². The fourth-order valence-corrected chi connectivity index (χ4v) is 4.65. The van der Waals surface area contributed by atoms with E-state index in [1.54, 1.807) is 0 Å². The van der Waals surface area contributed by atoms with Gasteiger partial charge in [-0.15, -0.1) is 12.4 Å². The Morgan fingerprint density at radius 3 is 1.78 bits per heavy atom. The summed E-state index contributed by atoms with van der Waals surface area (Å²) >= 11 is 0. The Labute approximate surface area is 148 Å². The lowest BCUT2D eigenvalue weighted by Crippen LogP contribution is -2.49. The number of rotatable bonds is 3. The monoisotopic (exact) mass is 342 g/mol. The molecule has 0 aromatic heterocycles. The number of likely N-dealkylation sites (tertiary alicyclic amines) is 1. The molecule has 3 rings (SSSR count). The molecule has 134 valence electrons. The molecule has 0 spiro atoms.